The SMILES string of the molecule is O=C(CCNS(=O)(=O)c1ccc(F)cc1)Nc1ccc(-c2nnc3n2CCCCC3)cc1. The van der Waals surface area contributed by atoms with Crippen LogP contribution in [0, 0.1) is 5.82 Å². The second kappa shape index (κ2) is 9.58. The normalized spacial score (nSPS) is 13.9. The zero-order valence-electron chi connectivity index (χ0n) is 17.4. The number of hydrogen-bond donors (Lipinski definition) is 2. The van der Waals surface area contributed by atoms with Crippen molar-refractivity contribution >= 4 is 21.6 Å². The van der Waals surface area contributed by atoms with Crippen molar-refractivity contribution in [1.29, 1.82) is 0 Å². The maximum Gasteiger partial charge on any atom is 0.240 e. The summed E-state index contributed by atoms with van der Waals surface area (Å²) in [6.45, 7) is 0.833. The number of halogens is 1. The molecule has 2 aromatic carbocycles. The van der Waals surface area contributed by atoms with E-state index in [-0.39, 0.29) is 23.8 Å². The van der Waals surface area contributed by atoms with Crippen molar-refractivity contribution in [1.82, 2.24) is 19.5 Å². The predicted octanol–water partition coefficient (Wildman–Crippen LogP) is 3.12. The molecule has 0 saturated heterocycles. The third-order valence-electron chi connectivity index (χ3n) is 5.30. The van der Waals surface area contributed by atoms with Crippen LogP contribution in [0.4, 0.5) is 10.1 Å². The molecule has 1 amide bonds. The Bertz CT molecular complexity index is 1190. The fraction of sp³-hybridized carbons (Fsp3) is 0.318. The number of carbonyl (C=O) groups excluding carboxylic acids is 1. The highest BCUT2D eigenvalue weighted by atomic mass is 32.2. The fourth-order valence-corrected chi connectivity index (χ4v) is 4.65. The first-order chi connectivity index (χ1) is 15.4. The zero-order valence-corrected chi connectivity index (χ0v) is 18.2. The number of nitrogens with zero attached hydrogens (tertiary/aromatic N) is 3. The molecular formula is C22H24FN5O3S. The van der Waals surface area contributed by atoms with Gasteiger partial charge in [0.25, 0.3) is 0 Å². The van der Waals surface area contributed by atoms with Crippen LogP contribution in [0.25, 0.3) is 11.4 Å². The lowest BCUT2D eigenvalue weighted by molar-refractivity contribution is -0.116. The van der Waals surface area contributed by atoms with E-state index in [0.717, 1.165) is 55.2 Å². The molecule has 8 nitrogen and oxygen atoms in total. The summed E-state index contributed by atoms with van der Waals surface area (Å²) in [6, 6.07) is 11.8. The number of amides is 1. The molecule has 1 aliphatic rings. The first-order valence-electron chi connectivity index (χ1n) is 10.5. The van der Waals surface area contributed by atoms with Gasteiger partial charge < -0.3 is 9.88 Å². The second-order valence-electron chi connectivity index (χ2n) is 7.63. The Labute approximate surface area is 185 Å². The maximum atomic E-state index is 13.0. The molecule has 10 heteroatoms. The molecule has 4 rings (SSSR count). The number of carbonyl (C=O) groups is 1. The molecule has 3 aromatic rings. The number of nitrogens with one attached hydrogen (secondary N) is 2. The van der Waals surface area contributed by atoms with E-state index in [0.29, 0.717) is 5.69 Å². The third-order valence-corrected chi connectivity index (χ3v) is 6.78. The highest BCUT2D eigenvalue weighted by Gasteiger charge is 2.17. The molecule has 1 aromatic heterocycles. The van der Waals surface area contributed by atoms with E-state index >= 15 is 0 Å². The van der Waals surface area contributed by atoms with Gasteiger partial charge in [-0.05, 0) is 61.4 Å². The molecule has 0 bridgehead atoms. The summed E-state index contributed by atoms with van der Waals surface area (Å²) in [5, 5.41) is 11.4. The van der Waals surface area contributed by atoms with Crippen LogP contribution < -0.4 is 10.0 Å². The number of anilines is 1. The van der Waals surface area contributed by atoms with Crippen molar-refractivity contribution in [3.05, 3.63) is 60.2 Å². The molecule has 0 radical (unpaired) electrons. The standard InChI is InChI=1S/C22H24FN5O3S/c23-17-7-11-19(12-8-17)32(30,31)24-14-13-21(29)25-18-9-5-16(6-10-18)22-27-26-20-4-2-1-3-15-28(20)22/h5-12,24H,1-4,13-15H2,(H,25,29). The van der Waals surface area contributed by atoms with Gasteiger partial charge in [-0.3, -0.25) is 4.79 Å². The van der Waals surface area contributed by atoms with Gasteiger partial charge in [-0.1, -0.05) is 6.42 Å². The van der Waals surface area contributed by atoms with Gasteiger partial charge in [-0.15, -0.1) is 10.2 Å². The quantitative estimate of drug-likeness (QED) is 0.567. The number of sulfonamides is 1. The van der Waals surface area contributed by atoms with Gasteiger partial charge in [0, 0.05) is 37.2 Å². The molecule has 0 saturated carbocycles. The van der Waals surface area contributed by atoms with Crippen LogP contribution in [0.15, 0.2) is 53.4 Å². The summed E-state index contributed by atoms with van der Waals surface area (Å²) in [5.74, 6) is 0.998. The molecule has 32 heavy (non-hydrogen) atoms. The van der Waals surface area contributed by atoms with E-state index in [1.807, 2.05) is 12.1 Å². The number of aromatic nitrogens is 3. The molecule has 0 aliphatic carbocycles. The summed E-state index contributed by atoms with van der Waals surface area (Å²) >= 11 is 0. The van der Waals surface area contributed by atoms with Crippen LogP contribution in [0.2, 0.25) is 0 Å². The summed E-state index contributed by atoms with van der Waals surface area (Å²) < 4.78 is 41.8. The Morgan fingerprint density at radius 2 is 1.75 bits per heavy atom. The van der Waals surface area contributed by atoms with Crippen molar-refractivity contribution in [3.63, 3.8) is 0 Å². The first kappa shape index (κ1) is 22.1. The van der Waals surface area contributed by atoms with Crippen molar-refractivity contribution in [3.8, 4) is 11.4 Å². The maximum absolute atomic E-state index is 13.0. The molecule has 0 atom stereocenters. The van der Waals surface area contributed by atoms with Gasteiger partial charge in [-0.2, -0.15) is 0 Å². The van der Waals surface area contributed by atoms with E-state index in [1.165, 1.54) is 18.6 Å². The average molecular weight is 458 g/mol. The molecule has 168 valence electrons. The lowest BCUT2D eigenvalue weighted by Crippen LogP contribution is -2.27. The Hall–Kier alpha value is -3.11. The molecule has 0 fully saturated rings. The van der Waals surface area contributed by atoms with E-state index in [9.17, 15) is 17.6 Å². The van der Waals surface area contributed by atoms with Gasteiger partial charge in [0.05, 0.1) is 4.90 Å². The summed E-state index contributed by atoms with van der Waals surface area (Å²) in [4.78, 5) is 12.1. The van der Waals surface area contributed by atoms with Gasteiger partial charge >= 0.3 is 0 Å². The van der Waals surface area contributed by atoms with Crippen LogP contribution in [-0.2, 0) is 27.8 Å². The summed E-state index contributed by atoms with van der Waals surface area (Å²) in [7, 11) is -3.80. The molecule has 2 heterocycles. The number of hydrogen-bond acceptors (Lipinski definition) is 5. The minimum Gasteiger partial charge on any atom is -0.326 e. The van der Waals surface area contributed by atoms with Gasteiger partial charge in [0.15, 0.2) is 5.82 Å². The van der Waals surface area contributed by atoms with Crippen molar-refractivity contribution in [2.75, 3.05) is 11.9 Å². The smallest absolute Gasteiger partial charge is 0.240 e. The Kier molecular flexibility index (Phi) is 6.61. The van der Waals surface area contributed by atoms with Gasteiger partial charge in [0.2, 0.25) is 15.9 Å². The third kappa shape index (κ3) is 5.20. The molecular weight excluding hydrogens is 433 g/mol. The minimum atomic E-state index is -3.80. The highest BCUT2D eigenvalue weighted by Crippen LogP contribution is 2.24. The lowest BCUT2D eigenvalue weighted by atomic mass is 10.2. The van der Waals surface area contributed by atoms with E-state index < -0.39 is 15.8 Å². The van der Waals surface area contributed by atoms with Crippen LogP contribution in [0.3, 0.4) is 0 Å². The lowest BCUT2D eigenvalue weighted by Gasteiger charge is -2.09. The highest BCUT2D eigenvalue weighted by molar-refractivity contribution is 7.89. The number of benzene rings is 2. The fourth-order valence-electron chi connectivity index (χ4n) is 3.62. The Morgan fingerprint density at radius 1 is 1.00 bits per heavy atom. The Balaban J connectivity index is 1.31. The van der Waals surface area contributed by atoms with Crippen molar-refractivity contribution in [2.24, 2.45) is 0 Å². The Morgan fingerprint density at radius 3 is 2.50 bits per heavy atom. The average Bonchev–Trinajstić information content (AvgIpc) is 3.02. The van der Waals surface area contributed by atoms with Crippen LogP contribution in [0.5, 0.6) is 0 Å². The van der Waals surface area contributed by atoms with Crippen LogP contribution in [0.1, 0.15) is 31.5 Å². The van der Waals surface area contributed by atoms with Gasteiger partial charge in [0.1, 0.15) is 11.6 Å². The summed E-state index contributed by atoms with van der Waals surface area (Å²) in [5.41, 5.74) is 1.53. The van der Waals surface area contributed by atoms with Crippen molar-refractivity contribution < 1.29 is 17.6 Å². The summed E-state index contributed by atoms with van der Waals surface area (Å²) in [6.07, 6.45) is 4.32. The molecule has 2 N–H and O–H groups in total. The van der Waals surface area contributed by atoms with Gasteiger partial charge in [-0.25, -0.2) is 17.5 Å². The number of fused-ring (bicyclic) bond motifs is 1. The first-order valence-corrected chi connectivity index (χ1v) is 12.0. The molecule has 0 unspecified atom stereocenters. The van der Waals surface area contributed by atoms with Crippen molar-refractivity contribution in [2.45, 2.75) is 43.5 Å². The largest absolute Gasteiger partial charge is 0.326 e. The topological polar surface area (TPSA) is 106 Å². The van der Waals surface area contributed by atoms with E-state index in [1.54, 1.807) is 12.1 Å². The monoisotopic (exact) mass is 457 g/mol. The number of aryl methyl sites for hydroxylation is 1. The number of rotatable bonds is 7. The minimum absolute atomic E-state index is 0.0418. The molecule has 0 spiro atoms. The van der Waals surface area contributed by atoms with E-state index in [2.05, 4.69) is 24.8 Å². The zero-order chi connectivity index (χ0) is 22.6. The molecule has 1 aliphatic heterocycles. The van der Waals surface area contributed by atoms with Crippen LogP contribution in [-0.4, -0.2) is 35.6 Å². The van der Waals surface area contributed by atoms with E-state index in [4.69, 9.17) is 0 Å². The predicted molar refractivity (Wildman–Crippen MR) is 118 cm³/mol. The van der Waals surface area contributed by atoms with Crippen LogP contribution >= 0.6 is 0 Å². The second-order valence-corrected chi connectivity index (χ2v) is 9.40.